The van der Waals surface area contributed by atoms with Gasteiger partial charge in [-0.15, -0.1) is 5.10 Å². The number of carbonyl (C=O) groups excluding carboxylic acids is 1. The van der Waals surface area contributed by atoms with Gasteiger partial charge in [-0.25, -0.2) is 14.4 Å². The fourth-order valence-electron chi connectivity index (χ4n) is 3.65. The number of hydrogen-bond donors (Lipinski definition) is 1. The lowest BCUT2D eigenvalue weighted by atomic mass is 10.1. The first-order valence-electron chi connectivity index (χ1n) is 10.6. The van der Waals surface area contributed by atoms with Gasteiger partial charge in [-0.3, -0.25) is 0 Å². The highest BCUT2D eigenvalue weighted by Crippen LogP contribution is 2.18. The van der Waals surface area contributed by atoms with E-state index in [1.807, 2.05) is 49.4 Å². The standard InChI is InChI=1S/C26H20N4O4/c1-17-7-11-20(12-8-17)30-26(33)29-24(28-30)21-15-18(9-13-22(21)27-25(29)32)10-14-23(31)34-16-19-5-3-2-4-6-19/h2-15H,16H2,1H3,(H,27,32). The molecule has 5 rings (SSSR count). The number of hydrogen-bond acceptors (Lipinski definition) is 5. The molecule has 0 spiro atoms. The molecule has 1 N–H and O–H groups in total. The number of aryl methyl sites for hydroxylation is 1. The molecule has 0 radical (unpaired) electrons. The first-order chi connectivity index (χ1) is 16.5. The second kappa shape index (κ2) is 8.67. The number of nitrogens with one attached hydrogen (secondary N) is 1. The van der Waals surface area contributed by atoms with E-state index in [-0.39, 0.29) is 12.3 Å². The molecule has 0 saturated heterocycles. The summed E-state index contributed by atoms with van der Waals surface area (Å²) in [5.74, 6) is -0.476. The summed E-state index contributed by atoms with van der Waals surface area (Å²) in [6.07, 6.45) is 2.95. The van der Waals surface area contributed by atoms with Crippen LogP contribution in [0.15, 0.2) is 88.5 Å². The summed E-state index contributed by atoms with van der Waals surface area (Å²) in [6.45, 7) is 2.13. The molecule has 3 aromatic carbocycles. The van der Waals surface area contributed by atoms with Crippen LogP contribution in [-0.2, 0) is 16.1 Å². The molecule has 0 aliphatic rings. The van der Waals surface area contributed by atoms with E-state index < -0.39 is 17.3 Å². The van der Waals surface area contributed by atoms with Gasteiger partial charge in [0.15, 0.2) is 5.65 Å². The normalized spacial score (nSPS) is 11.4. The lowest BCUT2D eigenvalue weighted by molar-refractivity contribution is -0.138. The van der Waals surface area contributed by atoms with Crippen LogP contribution < -0.4 is 11.4 Å². The van der Waals surface area contributed by atoms with Gasteiger partial charge in [0, 0.05) is 11.5 Å². The van der Waals surface area contributed by atoms with E-state index in [1.165, 1.54) is 10.8 Å². The Labute approximate surface area is 193 Å². The van der Waals surface area contributed by atoms with E-state index in [1.54, 1.807) is 36.4 Å². The summed E-state index contributed by atoms with van der Waals surface area (Å²) in [6, 6.07) is 21.9. The highest BCUT2D eigenvalue weighted by atomic mass is 16.5. The van der Waals surface area contributed by atoms with Crippen LogP contribution >= 0.6 is 0 Å². The fourth-order valence-corrected chi connectivity index (χ4v) is 3.65. The molecule has 34 heavy (non-hydrogen) atoms. The average molecular weight is 452 g/mol. The third-order valence-corrected chi connectivity index (χ3v) is 5.42. The van der Waals surface area contributed by atoms with Crippen molar-refractivity contribution in [2.75, 3.05) is 0 Å². The largest absolute Gasteiger partial charge is 0.458 e. The molecule has 2 heterocycles. The van der Waals surface area contributed by atoms with Crippen molar-refractivity contribution in [2.45, 2.75) is 13.5 Å². The van der Waals surface area contributed by atoms with Crippen LogP contribution in [0.2, 0.25) is 0 Å². The van der Waals surface area contributed by atoms with Gasteiger partial charge in [-0.2, -0.15) is 9.08 Å². The highest BCUT2D eigenvalue weighted by Gasteiger charge is 2.15. The summed E-state index contributed by atoms with van der Waals surface area (Å²) >= 11 is 0. The monoisotopic (exact) mass is 452 g/mol. The fraction of sp³-hybridized carbons (Fsp3) is 0.0769. The number of fused-ring (bicyclic) bond motifs is 3. The predicted molar refractivity (Wildman–Crippen MR) is 129 cm³/mol. The van der Waals surface area contributed by atoms with E-state index in [4.69, 9.17) is 4.74 Å². The lowest BCUT2D eigenvalue weighted by Crippen LogP contribution is -2.29. The number of H-pyrrole nitrogens is 1. The van der Waals surface area contributed by atoms with E-state index in [0.717, 1.165) is 15.5 Å². The molecule has 5 aromatic rings. The number of aromatic amines is 1. The maximum Gasteiger partial charge on any atom is 0.359 e. The molecule has 0 unspecified atom stereocenters. The molecule has 0 aliphatic carbocycles. The van der Waals surface area contributed by atoms with Gasteiger partial charge in [0.1, 0.15) is 6.61 Å². The van der Waals surface area contributed by atoms with Gasteiger partial charge in [-0.05, 0) is 48.4 Å². The van der Waals surface area contributed by atoms with Crippen LogP contribution in [0.4, 0.5) is 0 Å². The Morgan fingerprint density at radius 1 is 1.03 bits per heavy atom. The smallest absolute Gasteiger partial charge is 0.359 e. The van der Waals surface area contributed by atoms with E-state index in [9.17, 15) is 14.4 Å². The number of benzene rings is 3. The number of rotatable bonds is 5. The van der Waals surface area contributed by atoms with Gasteiger partial charge < -0.3 is 9.72 Å². The molecule has 168 valence electrons. The van der Waals surface area contributed by atoms with Crippen LogP contribution in [-0.4, -0.2) is 25.1 Å². The molecule has 0 bridgehead atoms. The van der Waals surface area contributed by atoms with Crippen molar-refractivity contribution in [3.63, 3.8) is 0 Å². The van der Waals surface area contributed by atoms with Crippen molar-refractivity contribution >= 4 is 28.6 Å². The number of aromatic nitrogens is 4. The maximum absolute atomic E-state index is 12.9. The summed E-state index contributed by atoms with van der Waals surface area (Å²) in [5, 5.41) is 5.00. The molecule has 0 aliphatic heterocycles. The number of carbonyl (C=O) groups is 1. The van der Waals surface area contributed by atoms with Crippen molar-refractivity contribution in [2.24, 2.45) is 0 Å². The zero-order valence-corrected chi connectivity index (χ0v) is 18.3. The quantitative estimate of drug-likeness (QED) is 0.326. The molecule has 8 nitrogen and oxygen atoms in total. The predicted octanol–water partition coefficient (Wildman–Crippen LogP) is 3.39. The summed E-state index contributed by atoms with van der Waals surface area (Å²) in [7, 11) is 0. The molecule has 0 amide bonds. The minimum Gasteiger partial charge on any atom is -0.458 e. The minimum absolute atomic E-state index is 0.183. The number of esters is 1. The van der Waals surface area contributed by atoms with E-state index in [0.29, 0.717) is 22.2 Å². The topological polar surface area (TPSA) is 98.5 Å². The van der Waals surface area contributed by atoms with Crippen molar-refractivity contribution in [1.29, 1.82) is 0 Å². The van der Waals surface area contributed by atoms with Gasteiger partial charge in [0.25, 0.3) is 0 Å². The minimum atomic E-state index is -0.571. The van der Waals surface area contributed by atoms with E-state index in [2.05, 4.69) is 10.1 Å². The van der Waals surface area contributed by atoms with Gasteiger partial charge >= 0.3 is 17.3 Å². The van der Waals surface area contributed by atoms with Gasteiger partial charge in [-0.1, -0.05) is 54.1 Å². The van der Waals surface area contributed by atoms with Crippen LogP contribution in [0, 0.1) is 6.92 Å². The second-order valence-corrected chi connectivity index (χ2v) is 7.85. The Kier molecular flexibility index (Phi) is 5.39. The highest BCUT2D eigenvalue weighted by molar-refractivity contribution is 5.94. The van der Waals surface area contributed by atoms with Crippen LogP contribution in [0.5, 0.6) is 0 Å². The van der Waals surface area contributed by atoms with Crippen molar-refractivity contribution in [1.82, 2.24) is 19.2 Å². The molecule has 2 aromatic heterocycles. The Bertz CT molecular complexity index is 1660. The third-order valence-electron chi connectivity index (χ3n) is 5.42. The van der Waals surface area contributed by atoms with Crippen molar-refractivity contribution in [3.05, 3.63) is 117 Å². The Balaban J connectivity index is 1.49. The lowest BCUT2D eigenvalue weighted by Gasteiger charge is -2.02. The number of ether oxygens (including phenoxy) is 1. The average Bonchev–Trinajstić information content (AvgIpc) is 3.21. The molecular formula is C26H20N4O4. The van der Waals surface area contributed by atoms with Crippen LogP contribution in [0.25, 0.3) is 28.3 Å². The Morgan fingerprint density at radius 3 is 2.56 bits per heavy atom. The molecular weight excluding hydrogens is 432 g/mol. The summed E-state index contributed by atoms with van der Waals surface area (Å²) in [4.78, 5) is 40.4. The Hall–Kier alpha value is -4.72. The van der Waals surface area contributed by atoms with Gasteiger partial charge in [0.05, 0.1) is 11.2 Å². The molecule has 0 fully saturated rings. The molecule has 0 atom stereocenters. The zero-order chi connectivity index (χ0) is 23.7. The first-order valence-corrected chi connectivity index (χ1v) is 10.6. The zero-order valence-electron chi connectivity index (χ0n) is 18.3. The van der Waals surface area contributed by atoms with Crippen LogP contribution in [0.1, 0.15) is 16.7 Å². The van der Waals surface area contributed by atoms with Crippen molar-refractivity contribution in [3.8, 4) is 5.69 Å². The summed E-state index contributed by atoms with van der Waals surface area (Å²) < 4.78 is 7.47. The third kappa shape index (κ3) is 4.04. The van der Waals surface area contributed by atoms with Crippen LogP contribution in [0.3, 0.4) is 0 Å². The van der Waals surface area contributed by atoms with Crippen molar-refractivity contribution < 1.29 is 9.53 Å². The van der Waals surface area contributed by atoms with Gasteiger partial charge in [0.2, 0.25) is 0 Å². The first kappa shape index (κ1) is 21.1. The SMILES string of the molecule is Cc1ccc(-n2nc3c4cc(C=CC(=O)OCc5ccccc5)ccc4[nH]c(=O)n3c2=O)cc1. The number of nitrogens with zero attached hydrogens (tertiary/aromatic N) is 3. The maximum atomic E-state index is 12.9. The second-order valence-electron chi connectivity index (χ2n) is 7.85. The summed E-state index contributed by atoms with van der Waals surface area (Å²) in [5.41, 5.74) is 2.82. The Morgan fingerprint density at radius 2 is 1.79 bits per heavy atom. The molecule has 0 saturated carbocycles. The molecule has 8 heteroatoms. The van der Waals surface area contributed by atoms with E-state index >= 15 is 0 Å².